The minimum absolute atomic E-state index is 0.254. The zero-order valence-corrected chi connectivity index (χ0v) is 12.8. The molecule has 1 aromatic heterocycles. The minimum atomic E-state index is -0.942. The second-order valence-electron chi connectivity index (χ2n) is 5.48. The van der Waals surface area contributed by atoms with E-state index in [1.165, 1.54) is 0 Å². The van der Waals surface area contributed by atoms with E-state index in [1.807, 2.05) is 65.2 Å². The molecule has 0 aliphatic rings. The molecule has 1 N–H and O–H groups in total. The number of carbonyl (C=O) groups is 1. The van der Waals surface area contributed by atoms with Crippen molar-refractivity contribution in [3.05, 3.63) is 84.4 Å². The van der Waals surface area contributed by atoms with Crippen molar-refractivity contribution in [3.8, 4) is 17.1 Å². The van der Waals surface area contributed by atoms with Crippen LogP contribution in [0.15, 0.2) is 78.9 Å². The van der Waals surface area contributed by atoms with E-state index in [0.717, 1.165) is 28.1 Å². The van der Waals surface area contributed by atoms with E-state index >= 15 is 0 Å². The van der Waals surface area contributed by atoms with E-state index in [1.54, 1.807) is 18.2 Å². The van der Waals surface area contributed by atoms with Crippen molar-refractivity contribution < 1.29 is 9.90 Å². The smallest absolute Gasteiger partial charge is 0.335 e. The van der Waals surface area contributed by atoms with Gasteiger partial charge in [-0.1, -0.05) is 48.5 Å². The van der Waals surface area contributed by atoms with Crippen molar-refractivity contribution in [1.82, 2.24) is 9.55 Å². The summed E-state index contributed by atoms with van der Waals surface area (Å²) < 4.78 is 2.00. The molecule has 4 heteroatoms. The molecule has 0 bridgehead atoms. The van der Waals surface area contributed by atoms with Crippen LogP contribution < -0.4 is 0 Å². The summed E-state index contributed by atoms with van der Waals surface area (Å²) >= 11 is 0. The number of carboxylic acids is 1. The number of benzene rings is 3. The lowest BCUT2D eigenvalue weighted by atomic mass is 10.1. The highest BCUT2D eigenvalue weighted by Crippen LogP contribution is 2.28. The van der Waals surface area contributed by atoms with E-state index in [-0.39, 0.29) is 5.56 Å². The topological polar surface area (TPSA) is 55.1 Å². The maximum atomic E-state index is 11.3. The normalized spacial score (nSPS) is 10.8. The van der Waals surface area contributed by atoms with Gasteiger partial charge in [0, 0.05) is 11.3 Å². The summed E-state index contributed by atoms with van der Waals surface area (Å²) in [5.74, 6) is -0.151. The molecular weight excluding hydrogens is 300 g/mol. The van der Waals surface area contributed by atoms with Crippen LogP contribution in [0.2, 0.25) is 0 Å². The van der Waals surface area contributed by atoms with Crippen molar-refractivity contribution in [2.24, 2.45) is 0 Å². The molecule has 0 saturated heterocycles. The van der Waals surface area contributed by atoms with Gasteiger partial charge in [0.05, 0.1) is 16.6 Å². The molecule has 0 spiro atoms. The Bertz CT molecular complexity index is 1040. The minimum Gasteiger partial charge on any atom is -0.478 e. The van der Waals surface area contributed by atoms with Gasteiger partial charge in [-0.2, -0.15) is 0 Å². The van der Waals surface area contributed by atoms with E-state index in [9.17, 15) is 9.90 Å². The SMILES string of the molecule is O=C(O)c1cccc(-n2c(-c3ccccc3)nc3ccccc32)c1. The average Bonchev–Trinajstić information content (AvgIpc) is 3.02. The third-order valence-corrected chi connectivity index (χ3v) is 3.94. The third kappa shape index (κ3) is 2.34. The molecule has 0 atom stereocenters. The third-order valence-electron chi connectivity index (χ3n) is 3.94. The van der Waals surface area contributed by atoms with Gasteiger partial charge >= 0.3 is 5.97 Å². The fourth-order valence-corrected chi connectivity index (χ4v) is 2.85. The van der Waals surface area contributed by atoms with Crippen molar-refractivity contribution in [2.75, 3.05) is 0 Å². The fraction of sp³-hybridized carbons (Fsp3) is 0. The zero-order valence-electron chi connectivity index (χ0n) is 12.8. The summed E-state index contributed by atoms with van der Waals surface area (Å²) in [5, 5.41) is 9.28. The second kappa shape index (κ2) is 5.66. The lowest BCUT2D eigenvalue weighted by molar-refractivity contribution is 0.0697. The number of rotatable bonds is 3. The lowest BCUT2D eigenvalue weighted by Gasteiger charge is -2.10. The van der Waals surface area contributed by atoms with Crippen molar-refractivity contribution in [2.45, 2.75) is 0 Å². The molecule has 0 fully saturated rings. The zero-order chi connectivity index (χ0) is 16.5. The Labute approximate surface area is 138 Å². The van der Waals surface area contributed by atoms with Gasteiger partial charge in [-0.3, -0.25) is 4.57 Å². The fourth-order valence-electron chi connectivity index (χ4n) is 2.85. The summed E-state index contributed by atoms with van der Waals surface area (Å²) in [6.07, 6.45) is 0. The van der Waals surface area contributed by atoms with Crippen LogP contribution in [-0.2, 0) is 0 Å². The highest BCUT2D eigenvalue weighted by atomic mass is 16.4. The number of para-hydroxylation sites is 2. The highest BCUT2D eigenvalue weighted by Gasteiger charge is 2.14. The van der Waals surface area contributed by atoms with E-state index in [4.69, 9.17) is 4.98 Å². The maximum Gasteiger partial charge on any atom is 0.335 e. The lowest BCUT2D eigenvalue weighted by Crippen LogP contribution is -2.01. The Morgan fingerprint density at radius 3 is 2.42 bits per heavy atom. The number of carboxylic acid groups (broad SMARTS) is 1. The van der Waals surface area contributed by atoms with Gasteiger partial charge in [0.1, 0.15) is 5.82 Å². The monoisotopic (exact) mass is 314 g/mol. The molecule has 0 unspecified atom stereocenters. The Morgan fingerprint density at radius 2 is 1.62 bits per heavy atom. The Balaban J connectivity index is 2.03. The van der Waals surface area contributed by atoms with Gasteiger partial charge < -0.3 is 5.11 Å². The Morgan fingerprint density at radius 1 is 0.875 bits per heavy atom. The first-order valence-electron chi connectivity index (χ1n) is 7.61. The van der Waals surface area contributed by atoms with Gasteiger partial charge in [-0.05, 0) is 30.3 Å². The second-order valence-corrected chi connectivity index (χ2v) is 5.48. The van der Waals surface area contributed by atoms with Gasteiger partial charge in [0.15, 0.2) is 0 Å². The first-order valence-corrected chi connectivity index (χ1v) is 7.61. The summed E-state index contributed by atoms with van der Waals surface area (Å²) in [7, 11) is 0. The molecule has 0 aliphatic heterocycles. The van der Waals surface area contributed by atoms with Crippen LogP contribution in [0.4, 0.5) is 0 Å². The standard InChI is InChI=1S/C20H14N2O2/c23-20(24)15-9-6-10-16(13-15)22-18-12-5-4-11-17(18)21-19(22)14-7-2-1-3-8-14/h1-13H,(H,23,24). The number of fused-ring (bicyclic) bond motifs is 1. The average molecular weight is 314 g/mol. The molecule has 0 saturated carbocycles. The molecule has 1 heterocycles. The van der Waals surface area contributed by atoms with Gasteiger partial charge in [-0.15, -0.1) is 0 Å². The van der Waals surface area contributed by atoms with Crippen LogP contribution in [0, 0.1) is 0 Å². The first-order chi connectivity index (χ1) is 11.7. The van der Waals surface area contributed by atoms with E-state index < -0.39 is 5.97 Å². The number of aromatic nitrogens is 2. The predicted molar refractivity (Wildman–Crippen MR) is 93.5 cm³/mol. The summed E-state index contributed by atoms with van der Waals surface area (Å²) in [5.41, 5.74) is 3.83. The van der Waals surface area contributed by atoms with E-state index in [2.05, 4.69) is 0 Å². The van der Waals surface area contributed by atoms with Crippen LogP contribution in [0.25, 0.3) is 28.1 Å². The molecular formula is C20H14N2O2. The summed E-state index contributed by atoms with van der Waals surface area (Å²) in [6.45, 7) is 0. The quantitative estimate of drug-likeness (QED) is 0.610. The number of aromatic carboxylic acids is 1. The first kappa shape index (κ1) is 14.2. The van der Waals surface area contributed by atoms with Crippen LogP contribution in [-0.4, -0.2) is 20.6 Å². The largest absolute Gasteiger partial charge is 0.478 e. The number of hydrogen-bond donors (Lipinski definition) is 1. The van der Waals surface area contributed by atoms with Crippen LogP contribution >= 0.6 is 0 Å². The predicted octanol–water partition coefficient (Wildman–Crippen LogP) is 4.39. The molecule has 4 rings (SSSR count). The molecule has 24 heavy (non-hydrogen) atoms. The molecule has 116 valence electrons. The molecule has 0 aliphatic carbocycles. The van der Waals surface area contributed by atoms with Crippen LogP contribution in [0.5, 0.6) is 0 Å². The number of imidazole rings is 1. The van der Waals surface area contributed by atoms with Gasteiger partial charge in [0.25, 0.3) is 0 Å². The Kier molecular flexibility index (Phi) is 3.35. The van der Waals surface area contributed by atoms with Crippen molar-refractivity contribution >= 4 is 17.0 Å². The van der Waals surface area contributed by atoms with Gasteiger partial charge in [0.2, 0.25) is 0 Å². The highest BCUT2D eigenvalue weighted by molar-refractivity contribution is 5.89. The van der Waals surface area contributed by atoms with Crippen molar-refractivity contribution in [3.63, 3.8) is 0 Å². The number of nitrogens with zero attached hydrogens (tertiary/aromatic N) is 2. The van der Waals surface area contributed by atoms with Crippen LogP contribution in [0.1, 0.15) is 10.4 Å². The van der Waals surface area contributed by atoms with Gasteiger partial charge in [-0.25, -0.2) is 9.78 Å². The molecule has 0 radical (unpaired) electrons. The number of hydrogen-bond acceptors (Lipinski definition) is 2. The molecule has 3 aromatic carbocycles. The maximum absolute atomic E-state index is 11.3. The summed E-state index contributed by atoms with van der Waals surface area (Å²) in [4.78, 5) is 16.1. The molecule has 4 nitrogen and oxygen atoms in total. The molecule has 0 amide bonds. The molecule has 4 aromatic rings. The summed E-state index contributed by atoms with van der Waals surface area (Å²) in [6, 6.07) is 24.6. The van der Waals surface area contributed by atoms with Crippen molar-refractivity contribution in [1.29, 1.82) is 0 Å². The van der Waals surface area contributed by atoms with E-state index in [0.29, 0.717) is 0 Å². The van der Waals surface area contributed by atoms with Crippen LogP contribution in [0.3, 0.4) is 0 Å². The Hall–Kier alpha value is -3.40.